The zero-order valence-corrected chi connectivity index (χ0v) is 12.0. The molecule has 0 spiro atoms. The molecule has 0 bridgehead atoms. The summed E-state index contributed by atoms with van der Waals surface area (Å²) in [7, 11) is 0. The fourth-order valence-electron chi connectivity index (χ4n) is 2.48. The van der Waals surface area contributed by atoms with Gasteiger partial charge in [-0.1, -0.05) is 48.6 Å². The zero-order chi connectivity index (χ0) is 14.1. The number of nitrogens with zero attached hydrogens (tertiary/aromatic N) is 2. The van der Waals surface area contributed by atoms with E-state index in [1.165, 1.54) is 0 Å². The van der Waals surface area contributed by atoms with Gasteiger partial charge in [0.25, 0.3) is 0 Å². The molecule has 3 nitrogen and oxygen atoms in total. The Morgan fingerprint density at radius 1 is 1.15 bits per heavy atom. The molecular formula is C16H15N3S. The number of fused-ring (bicyclic) bond motifs is 1. The van der Waals surface area contributed by atoms with Crippen LogP contribution in [-0.2, 0) is 6.42 Å². The second-order valence-electron chi connectivity index (χ2n) is 4.78. The summed E-state index contributed by atoms with van der Waals surface area (Å²) in [6.07, 6.45) is 0.547. The fourth-order valence-corrected chi connectivity index (χ4v) is 2.62. The normalized spacial score (nSPS) is 10.8. The van der Waals surface area contributed by atoms with Crippen molar-refractivity contribution in [1.82, 2.24) is 9.38 Å². The third-order valence-corrected chi connectivity index (χ3v) is 3.47. The number of imidazole rings is 1. The van der Waals surface area contributed by atoms with Crippen LogP contribution in [-0.4, -0.2) is 14.4 Å². The van der Waals surface area contributed by atoms with E-state index >= 15 is 0 Å². The van der Waals surface area contributed by atoms with Crippen LogP contribution >= 0.6 is 12.2 Å². The molecule has 0 aliphatic heterocycles. The van der Waals surface area contributed by atoms with Crippen LogP contribution in [0.1, 0.15) is 11.4 Å². The molecule has 0 saturated heterocycles. The molecule has 2 aromatic heterocycles. The van der Waals surface area contributed by atoms with Crippen LogP contribution in [0.4, 0.5) is 0 Å². The van der Waals surface area contributed by atoms with Crippen LogP contribution in [0.3, 0.4) is 0 Å². The van der Waals surface area contributed by atoms with Gasteiger partial charge >= 0.3 is 0 Å². The Bertz CT molecular complexity index is 775. The number of nitrogens with two attached hydrogens (primary N) is 1. The van der Waals surface area contributed by atoms with Crippen molar-refractivity contribution >= 4 is 22.9 Å². The van der Waals surface area contributed by atoms with Gasteiger partial charge in [0, 0.05) is 17.7 Å². The van der Waals surface area contributed by atoms with Crippen molar-refractivity contribution in [1.29, 1.82) is 0 Å². The molecule has 0 unspecified atom stereocenters. The highest BCUT2D eigenvalue weighted by atomic mass is 32.1. The van der Waals surface area contributed by atoms with Crippen molar-refractivity contribution in [3.05, 3.63) is 59.9 Å². The van der Waals surface area contributed by atoms with Gasteiger partial charge in [-0.15, -0.1) is 0 Å². The Hall–Kier alpha value is -2.20. The van der Waals surface area contributed by atoms with Crippen molar-refractivity contribution in [3.63, 3.8) is 0 Å². The zero-order valence-electron chi connectivity index (χ0n) is 11.2. The molecule has 20 heavy (non-hydrogen) atoms. The van der Waals surface area contributed by atoms with E-state index in [2.05, 4.69) is 29.5 Å². The van der Waals surface area contributed by atoms with Gasteiger partial charge in [-0.2, -0.15) is 0 Å². The summed E-state index contributed by atoms with van der Waals surface area (Å²) in [6.45, 7) is 2.06. The number of hydrogen-bond acceptors (Lipinski definition) is 2. The number of rotatable bonds is 3. The van der Waals surface area contributed by atoms with Gasteiger partial charge in [-0.05, 0) is 19.1 Å². The van der Waals surface area contributed by atoms with Gasteiger partial charge in [-0.25, -0.2) is 4.98 Å². The maximum atomic E-state index is 5.76. The molecule has 0 saturated carbocycles. The first-order valence-electron chi connectivity index (χ1n) is 6.47. The standard InChI is InChI=1S/C16H15N3S/c1-11-6-5-9-15-18-16(12-7-3-2-4-8-12)13(19(11)15)10-14(17)20/h2-9H,10H2,1H3,(H2,17,20). The topological polar surface area (TPSA) is 43.3 Å². The largest absolute Gasteiger partial charge is 0.393 e. The smallest absolute Gasteiger partial charge is 0.137 e. The summed E-state index contributed by atoms with van der Waals surface area (Å²) in [5.41, 5.74) is 10.9. The molecule has 1 aromatic carbocycles. The maximum Gasteiger partial charge on any atom is 0.137 e. The molecule has 2 heterocycles. The predicted octanol–water partition coefficient (Wildman–Crippen LogP) is 3.14. The Kier molecular flexibility index (Phi) is 3.24. The highest BCUT2D eigenvalue weighted by molar-refractivity contribution is 7.80. The highest BCUT2D eigenvalue weighted by Gasteiger charge is 2.15. The third kappa shape index (κ3) is 2.18. The first-order valence-corrected chi connectivity index (χ1v) is 6.88. The molecule has 0 atom stereocenters. The van der Waals surface area contributed by atoms with E-state index < -0.39 is 0 Å². The first-order chi connectivity index (χ1) is 9.66. The second kappa shape index (κ2) is 5.06. The van der Waals surface area contributed by atoms with Gasteiger partial charge in [0.15, 0.2) is 0 Å². The van der Waals surface area contributed by atoms with E-state index in [0.717, 1.165) is 28.3 Å². The van der Waals surface area contributed by atoms with Crippen molar-refractivity contribution in [3.8, 4) is 11.3 Å². The minimum Gasteiger partial charge on any atom is -0.393 e. The van der Waals surface area contributed by atoms with Crippen LogP contribution in [0.5, 0.6) is 0 Å². The summed E-state index contributed by atoms with van der Waals surface area (Å²) in [5, 5.41) is 0. The van der Waals surface area contributed by atoms with Gasteiger partial charge in [0.2, 0.25) is 0 Å². The van der Waals surface area contributed by atoms with Crippen molar-refractivity contribution in [2.45, 2.75) is 13.3 Å². The molecule has 4 heteroatoms. The Labute approximate surface area is 123 Å². The van der Waals surface area contributed by atoms with E-state index in [9.17, 15) is 0 Å². The van der Waals surface area contributed by atoms with Gasteiger partial charge in [-0.3, -0.25) is 0 Å². The Morgan fingerprint density at radius 3 is 2.60 bits per heavy atom. The van der Waals surface area contributed by atoms with Crippen LogP contribution in [0.2, 0.25) is 0 Å². The average Bonchev–Trinajstić information content (AvgIpc) is 2.79. The predicted molar refractivity (Wildman–Crippen MR) is 85.9 cm³/mol. The van der Waals surface area contributed by atoms with Gasteiger partial charge < -0.3 is 10.1 Å². The average molecular weight is 281 g/mol. The molecule has 0 fully saturated rings. The number of benzene rings is 1. The quantitative estimate of drug-likeness (QED) is 0.750. The SMILES string of the molecule is Cc1cccc2nc(-c3ccccc3)c(CC(N)=S)n12. The molecule has 3 rings (SSSR count). The Morgan fingerprint density at radius 2 is 1.90 bits per heavy atom. The summed E-state index contributed by atoms with van der Waals surface area (Å²) in [6, 6.07) is 16.2. The lowest BCUT2D eigenvalue weighted by Crippen LogP contribution is -2.13. The van der Waals surface area contributed by atoms with E-state index in [1.54, 1.807) is 0 Å². The van der Waals surface area contributed by atoms with E-state index in [4.69, 9.17) is 22.9 Å². The molecular weight excluding hydrogens is 266 g/mol. The number of aromatic nitrogens is 2. The number of hydrogen-bond donors (Lipinski definition) is 1. The number of pyridine rings is 1. The minimum absolute atomic E-state index is 0.479. The molecule has 3 aromatic rings. The lowest BCUT2D eigenvalue weighted by Gasteiger charge is -2.06. The Balaban J connectivity index is 2.31. The summed E-state index contributed by atoms with van der Waals surface area (Å²) >= 11 is 5.10. The van der Waals surface area contributed by atoms with Crippen LogP contribution in [0, 0.1) is 6.92 Å². The summed E-state index contributed by atoms with van der Waals surface area (Å²) in [4.78, 5) is 5.22. The molecule has 0 amide bonds. The van der Waals surface area contributed by atoms with Crippen LogP contribution in [0.25, 0.3) is 16.9 Å². The summed E-state index contributed by atoms with van der Waals surface area (Å²) in [5.74, 6) is 0. The van der Waals surface area contributed by atoms with E-state index in [0.29, 0.717) is 11.4 Å². The van der Waals surface area contributed by atoms with Crippen molar-refractivity contribution in [2.75, 3.05) is 0 Å². The lowest BCUT2D eigenvalue weighted by atomic mass is 10.1. The van der Waals surface area contributed by atoms with Crippen LogP contribution in [0.15, 0.2) is 48.5 Å². The number of aryl methyl sites for hydroxylation is 1. The first kappa shape index (κ1) is 12.8. The van der Waals surface area contributed by atoms with Crippen LogP contribution < -0.4 is 5.73 Å². The highest BCUT2D eigenvalue weighted by Crippen LogP contribution is 2.25. The van der Waals surface area contributed by atoms with Gasteiger partial charge in [0.1, 0.15) is 5.65 Å². The molecule has 0 aliphatic carbocycles. The molecule has 0 radical (unpaired) electrons. The molecule has 100 valence electrons. The maximum absolute atomic E-state index is 5.76. The fraction of sp³-hybridized carbons (Fsp3) is 0.125. The monoisotopic (exact) mass is 281 g/mol. The van der Waals surface area contributed by atoms with Crippen molar-refractivity contribution < 1.29 is 0 Å². The van der Waals surface area contributed by atoms with E-state index in [-0.39, 0.29) is 0 Å². The molecule has 2 N–H and O–H groups in total. The van der Waals surface area contributed by atoms with Gasteiger partial charge in [0.05, 0.1) is 16.4 Å². The third-order valence-electron chi connectivity index (χ3n) is 3.32. The number of thiocarbonyl (C=S) groups is 1. The van der Waals surface area contributed by atoms with Crippen molar-refractivity contribution in [2.24, 2.45) is 5.73 Å². The minimum atomic E-state index is 0.479. The lowest BCUT2D eigenvalue weighted by molar-refractivity contribution is 1.02. The summed E-state index contributed by atoms with van der Waals surface area (Å²) < 4.78 is 2.13. The van der Waals surface area contributed by atoms with E-state index in [1.807, 2.05) is 30.3 Å². The second-order valence-corrected chi connectivity index (χ2v) is 5.30. The molecule has 0 aliphatic rings.